The largest absolute Gasteiger partial charge is 0.508 e. The number of aliphatic carboxylic acids is 1. The van der Waals surface area contributed by atoms with Gasteiger partial charge in [-0.05, 0) is 24.1 Å². The number of carboxylic acids is 1. The SMILES string of the molecule is Cc1cc(C[C@H](N=S(=O)=O)C(=O)O)ccc1O. The first-order valence-corrected chi connectivity index (χ1v) is 5.75. The number of aryl methyl sites for hydroxylation is 1. The molecule has 0 heterocycles. The highest BCUT2D eigenvalue weighted by Crippen LogP contribution is 2.18. The summed E-state index contributed by atoms with van der Waals surface area (Å²) < 4.78 is 23.8. The smallest absolute Gasteiger partial charge is 0.330 e. The number of rotatable bonds is 4. The Morgan fingerprint density at radius 1 is 1.47 bits per heavy atom. The second kappa shape index (κ2) is 5.44. The molecule has 7 heteroatoms. The molecule has 17 heavy (non-hydrogen) atoms. The van der Waals surface area contributed by atoms with Crippen molar-refractivity contribution in [2.45, 2.75) is 19.4 Å². The third-order valence-corrected chi connectivity index (χ3v) is 2.62. The van der Waals surface area contributed by atoms with Crippen LogP contribution >= 0.6 is 0 Å². The molecule has 1 aromatic rings. The molecular formula is C10H11NO5S. The Kier molecular flexibility index (Phi) is 4.22. The van der Waals surface area contributed by atoms with Crippen LogP contribution in [0.4, 0.5) is 0 Å². The van der Waals surface area contributed by atoms with E-state index in [9.17, 15) is 18.3 Å². The number of benzene rings is 1. The second-order valence-electron chi connectivity index (χ2n) is 3.50. The summed E-state index contributed by atoms with van der Waals surface area (Å²) in [5.41, 5.74) is 1.19. The van der Waals surface area contributed by atoms with Crippen molar-refractivity contribution in [2.75, 3.05) is 0 Å². The van der Waals surface area contributed by atoms with E-state index in [-0.39, 0.29) is 12.2 Å². The maximum atomic E-state index is 10.8. The summed E-state index contributed by atoms with van der Waals surface area (Å²) in [5, 5.41) is 18.1. The summed E-state index contributed by atoms with van der Waals surface area (Å²) >= 11 is 0. The van der Waals surface area contributed by atoms with E-state index in [0.29, 0.717) is 11.1 Å². The Morgan fingerprint density at radius 2 is 2.12 bits per heavy atom. The summed E-state index contributed by atoms with van der Waals surface area (Å²) in [6.45, 7) is 1.66. The molecule has 1 atom stereocenters. The number of phenolic OH excluding ortho intramolecular Hbond substituents is 1. The Hall–Kier alpha value is -1.89. The fraction of sp³-hybridized carbons (Fsp3) is 0.300. The van der Waals surface area contributed by atoms with Gasteiger partial charge in [-0.25, -0.2) is 4.79 Å². The van der Waals surface area contributed by atoms with Crippen LogP contribution in [-0.4, -0.2) is 30.6 Å². The zero-order valence-electron chi connectivity index (χ0n) is 8.99. The van der Waals surface area contributed by atoms with E-state index >= 15 is 0 Å². The van der Waals surface area contributed by atoms with E-state index in [1.165, 1.54) is 12.1 Å². The van der Waals surface area contributed by atoms with Gasteiger partial charge in [0.2, 0.25) is 0 Å². The maximum Gasteiger partial charge on any atom is 0.330 e. The van der Waals surface area contributed by atoms with Gasteiger partial charge in [-0.3, -0.25) is 0 Å². The van der Waals surface area contributed by atoms with Crippen molar-refractivity contribution in [1.29, 1.82) is 0 Å². The molecule has 92 valence electrons. The molecule has 0 fully saturated rings. The van der Waals surface area contributed by atoms with Crippen molar-refractivity contribution >= 4 is 16.5 Å². The monoisotopic (exact) mass is 257 g/mol. The van der Waals surface area contributed by atoms with Crippen LogP contribution in [-0.2, 0) is 21.7 Å². The number of hydrogen-bond donors (Lipinski definition) is 2. The van der Waals surface area contributed by atoms with E-state index in [2.05, 4.69) is 4.36 Å². The van der Waals surface area contributed by atoms with Crippen LogP contribution in [0.15, 0.2) is 22.6 Å². The lowest BCUT2D eigenvalue weighted by Gasteiger charge is -2.07. The van der Waals surface area contributed by atoms with E-state index in [1.54, 1.807) is 13.0 Å². The first kappa shape index (κ1) is 13.2. The quantitative estimate of drug-likeness (QED) is 0.828. The van der Waals surface area contributed by atoms with E-state index < -0.39 is 22.5 Å². The van der Waals surface area contributed by atoms with E-state index in [0.717, 1.165) is 0 Å². The van der Waals surface area contributed by atoms with Gasteiger partial charge in [0, 0.05) is 6.42 Å². The molecule has 0 aliphatic carbocycles. The van der Waals surface area contributed by atoms with Crippen LogP contribution in [0.1, 0.15) is 11.1 Å². The lowest BCUT2D eigenvalue weighted by molar-refractivity contribution is -0.138. The fourth-order valence-corrected chi connectivity index (χ4v) is 1.71. The van der Waals surface area contributed by atoms with Crippen LogP contribution in [0.2, 0.25) is 0 Å². The predicted octanol–water partition coefficient (Wildman–Crippen LogP) is 0.759. The van der Waals surface area contributed by atoms with Crippen molar-refractivity contribution < 1.29 is 23.4 Å². The number of carbonyl (C=O) groups is 1. The molecule has 0 aliphatic rings. The summed E-state index contributed by atoms with van der Waals surface area (Å²) in [6.07, 6.45) is -0.0373. The van der Waals surface area contributed by atoms with Gasteiger partial charge in [-0.15, -0.1) is 0 Å². The Balaban J connectivity index is 2.98. The number of aromatic hydroxyl groups is 1. The average molecular weight is 257 g/mol. The minimum absolute atomic E-state index is 0.0373. The van der Waals surface area contributed by atoms with Gasteiger partial charge in [0.05, 0.1) is 0 Å². The number of phenols is 1. The molecule has 2 N–H and O–H groups in total. The van der Waals surface area contributed by atoms with Crippen molar-refractivity contribution in [3.05, 3.63) is 29.3 Å². The van der Waals surface area contributed by atoms with Crippen molar-refractivity contribution in [1.82, 2.24) is 0 Å². The average Bonchev–Trinajstić information content (AvgIpc) is 2.21. The van der Waals surface area contributed by atoms with Crippen LogP contribution in [0.5, 0.6) is 5.75 Å². The summed E-state index contributed by atoms with van der Waals surface area (Å²) in [4.78, 5) is 10.8. The number of carboxylic acid groups (broad SMARTS) is 1. The van der Waals surface area contributed by atoms with Crippen LogP contribution < -0.4 is 0 Å². The van der Waals surface area contributed by atoms with Gasteiger partial charge < -0.3 is 10.2 Å². The molecule has 1 rings (SSSR count). The molecule has 0 radical (unpaired) electrons. The zero-order chi connectivity index (χ0) is 13.0. The Morgan fingerprint density at radius 3 is 2.59 bits per heavy atom. The number of hydrogen-bond acceptors (Lipinski definition) is 5. The molecule has 6 nitrogen and oxygen atoms in total. The van der Waals surface area contributed by atoms with Crippen molar-refractivity contribution in [2.24, 2.45) is 4.36 Å². The standard InChI is InChI=1S/C10H11NO5S/c1-6-4-7(2-3-9(6)12)5-8(10(13)14)11-17(15)16/h2-4,8,12H,5H2,1H3,(H,13,14)/t8-/m0/s1. The Bertz CT molecular complexity index is 556. The van der Waals surface area contributed by atoms with E-state index in [4.69, 9.17) is 5.11 Å². The maximum absolute atomic E-state index is 10.8. The van der Waals surface area contributed by atoms with Gasteiger partial charge >= 0.3 is 16.5 Å². The summed E-state index contributed by atoms with van der Waals surface area (Å²) in [7, 11) is -2.75. The normalized spacial score (nSPS) is 11.8. The van der Waals surface area contributed by atoms with Crippen molar-refractivity contribution in [3.8, 4) is 5.75 Å². The Labute approximate surface area is 99.2 Å². The molecule has 0 spiro atoms. The zero-order valence-corrected chi connectivity index (χ0v) is 9.81. The minimum atomic E-state index is -2.75. The molecule has 0 aliphatic heterocycles. The third kappa shape index (κ3) is 3.87. The van der Waals surface area contributed by atoms with Gasteiger partial charge in [-0.1, -0.05) is 12.1 Å². The van der Waals surface area contributed by atoms with Crippen molar-refractivity contribution in [3.63, 3.8) is 0 Å². The molecular weight excluding hydrogens is 246 g/mol. The molecule has 0 unspecified atom stereocenters. The van der Waals surface area contributed by atoms with Gasteiger partial charge in [0.15, 0.2) is 6.04 Å². The summed E-state index contributed by atoms with van der Waals surface area (Å²) in [5.74, 6) is -1.20. The third-order valence-electron chi connectivity index (χ3n) is 2.19. The van der Waals surface area contributed by atoms with Crippen LogP contribution in [0.3, 0.4) is 0 Å². The molecule has 0 bridgehead atoms. The van der Waals surface area contributed by atoms with Crippen LogP contribution in [0.25, 0.3) is 0 Å². The lowest BCUT2D eigenvalue weighted by atomic mass is 10.0. The lowest BCUT2D eigenvalue weighted by Crippen LogP contribution is -2.20. The second-order valence-corrected chi connectivity index (χ2v) is 4.15. The predicted molar refractivity (Wildman–Crippen MR) is 59.3 cm³/mol. The highest BCUT2D eigenvalue weighted by molar-refractivity contribution is 7.61. The van der Waals surface area contributed by atoms with E-state index in [1.807, 2.05) is 0 Å². The highest BCUT2D eigenvalue weighted by Gasteiger charge is 2.17. The molecule has 0 amide bonds. The highest BCUT2D eigenvalue weighted by atomic mass is 32.2. The number of nitrogens with zero attached hydrogens (tertiary/aromatic N) is 1. The molecule has 0 saturated carbocycles. The van der Waals surface area contributed by atoms with Gasteiger partial charge in [0.1, 0.15) is 5.75 Å². The fourth-order valence-electron chi connectivity index (χ4n) is 1.34. The topological polar surface area (TPSA) is 104 Å². The van der Waals surface area contributed by atoms with Gasteiger partial charge in [-0.2, -0.15) is 12.8 Å². The first-order valence-electron chi connectivity index (χ1n) is 4.71. The van der Waals surface area contributed by atoms with Crippen LogP contribution in [0, 0.1) is 6.92 Å². The minimum Gasteiger partial charge on any atom is -0.508 e. The molecule has 0 aromatic heterocycles. The summed E-state index contributed by atoms with van der Waals surface area (Å²) in [6, 6.07) is 3.21. The molecule has 1 aromatic carbocycles. The molecule has 0 saturated heterocycles. The van der Waals surface area contributed by atoms with Gasteiger partial charge in [0.25, 0.3) is 0 Å². The first-order chi connectivity index (χ1) is 7.90.